The summed E-state index contributed by atoms with van der Waals surface area (Å²) in [5.74, 6) is 3.60. The molecular formula is C60H38N8. The number of nitrogens with zero attached hydrogens (tertiary/aromatic N) is 8. The highest BCUT2D eigenvalue weighted by molar-refractivity contribution is 6.26. The summed E-state index contributed by atoms with van der Waals surface area (Å²) in [5, 5.41) is 4.46. The molecule has 318 valence electrons. The number of para-hydroxylation sites is 2. The standard InChI is InChI=1S/C60H38N8/c1-5-18-39(19-6-1)44-26-17-27-45(38-44)59-62-55(40-20-7-2-8-21-40)61-56(63-59)43-32-34-46(35-33-43)67-51-31-16-14-29-49(51)53-52(67)37-36-48-47-28-13-15-30-50(47)68(54(48)53)60-65-57(41-22-9-3-10-23-41)64-58(66-60)42-24-11-4-12-25-42/h1-38H. The van der Waals surface area contributed by atoms with Crippen LogP contribution >= 0.6 is 0 Å². The summed E-state index contributed by atoms with van der Waals surface area (Å²) in [7, 11) is 0. The van der Waals surface area contributed by atoms with Crippen LogP contribution in [0.2, 0.25) is 0 Å². The van der Waals surface area contributed by atoms with Gasteiger partial charge in [0.15, 0.2) is 29.1 Å². The zero-order valence-electron chi connectivity index (χ0n) is 36.5. The molecule has 0 amide bonds. The van der Waals surface area contributed by atoms with Crippen molar-refractivity contribution < 1.29 is 0 Å². The first-order valence-corrected chi connectivity index (χ1v) is 22.6. The van der Waals surface area contributed by atoms with E-state index in [1.807, 2.05) is 97.1 Å². The highest BCUT2D eigenvalue weighted by Gasteiger charge is 2.23. The van der Waals surface area contributed by atoms with Crippen LogP contribution in [0.3, 0.4) is 0 Å². The molecule has 4 heterocycles. The van der Waals surface area contributed by atoms with Gasteiger partial charge in [0, 0.05) is 55.0 Å². The van der Waals surface area contributed by atoms with Crippen molar-refractivity contribution in [3.8, 4) is 79.7 Å². The van der Waals surface area contributed by atoms with E-state index < -0.39 is 0 Å². The van der Waals surface area contributed by atoms with Gasteiger partial charge in [-0.1, -0.05) is 182 Å². The number of rotatable bonds is 8. The van der Waals surface area contributed by atoms with E-state index in [9.17, 15) is 0 Å². The molecule has 0 atom stereocenters. The van der Waals surface area contributed by atoms with E-state index in [4.69, 9.17) is 29.9 Å². The average molecular weight is 871 g/mol. The van der Waals surface area contributed by atoms with Crippen LogP contribution in [0.4, 0.5) is 0 Å². The van der Waals surface area contributed by atoms with E-state index in [2.05, 4.69) is 143 Å². The second-order valence-electron chi connectivity index (χ2n) is 16.7. The third-order valence-electron chi connectivity index (χ3n) is 12.6. The Morgan fingerprint density at radius 3 is 1.25 bits per heavy atom. The zero-order chi connectivity index (χ0) is 45.0. The molecule has 8 nitrogen and oxygen atoms in total. The van der Waals surface area contributed by atoms with Crippen LogP contribution < -0.4 is 0 Å². The molecule has 0 saturated carbocycles. The molecule has 0 aliphatic carbocycles. The summed E-state index contributed by atoms with van der Waals surface area (Å²) in [6, 6.07) is 79.3. The van der Waals surface area contributed by atoms with E-state index >= 15 is 0 Å². The normalized spacial score (nSPS) is 11.5. The SMILES string of the molecule is c1ccc(-c2cccc(-c3nc(-c4ccccc4)nc(-c4ccc(-n5c6ccccc6c6c5ccc5c7ccccc7n(-c7nc(-c8ccccc8)nc(-c8ccccc8)n7)c56)cc4)n3)c2)cc1. The van der Waals surface area contributed by atoms with Crippen molar-refractivity contribution in [2.24, 2.45) is 0 Å². The summed E-state index contributed by atoms with van der Waals surface area (Å²) in [5.41, 5.74) is 12.0. The highest BCUT2D eigenvalue weighted by Crippen LogP contribution is 2.42. The van der Waals surface area contributed by atoms with Crippen LogP contribution in [0, 0.1) is 0 Å². The molecule has 0 aliphatic heterocycles. The lowest BCUT2D eigenvalue weighted by Crippen LogP contribution is -2.06. The predicted molar refractivity (Wildman–Crippen MR) is 275 cm³/mol. The van der Waals surface area contributed by atoms with E-state index in [0.29, 0.717) is 35.1 Å². The molecule has 68 heavy (non-hydrogen) atoms. The van der Waals surface area contributed by atoms with Crippen LogP contribution in [-0.4, -0.2) is 39.0 Å². The fourth-order valence-electron chi connectivity index (χ4n) is 9.47. The van der Waals surface area contributed by atoms with Crippen LogP contribution in [0.5, 0.6) is 0 Å². The number of aromatic nitrogens is 8. The van der Waals surface area contributed by atoms with Crippen molar-refractivity contribution in [3.63, 3.8) is 0 Å². The fourth-order valence-corrected chi connectivity index (χ4v) is 9.47. The number of hydrogen-bond acceptors (Lipinski definition) is 6. The van der Waals surface area contributed by atoms with Gasteiger partial charge in [0.25, 0.3) is 0 Å². The summed E-state index contributed by atoms with van der Waals surface area (Å²) in [6.07, 6.45) is 0. The molecule has 0 bridgehead atoms. The Bertz CT molecular complexity index is 3940. The summed E-state index contributed by atoms with van der Waals surface area (Å²) in [4.78, 5) is 30.8. The summed E-state index contributed by atoms with van der Waals surface area (Å²) in [6.45, 7) is 0. The molecule has 0 aliphatic rings. The molecule has 4 aromatic heterocycles. The Morgan fingerprint density at radius 1 is 0.250 bits per heavy atom. The molecule has 0 spiro atoms. The first-order valence-electron chi connectivity index (χ1n) is 22.6. The second-order valence-corrected chi connectivity index (χ2v) is 16.7. The topological polar surface area (TPSA) is 87.2 Å². The van der Waals surface area contributed by atoms with Gasteiger partial charge in [-0.2, -0.15) is 9.97 Å². The van der Waals surface area contributed by atoms with E-state index in [-0.39, 0.29) is 0 Å². The summed E-state index contributed by atoms with van der Waals surface area (Å²) >= 11 is 0. The monoisotopic (exact) mass is 870 g/mol. The van der Waals surface area contributed by atoms with Gasteiger partial charge in [0.1, 0.15) is 0 Å². The molecule has 0 saturated heterocycles. The van der Waals surface area contributed by atoms with E-state index in [0.717, 1.165) is 88.2 Å². The average Bonchev–Trinajstić information content (AvgIpc) is 3.95. The van der Waals surface area contributed by atoms with Gasteiger partial charge in [-0.3, -0.25) is 4.57 Å². The van der Waals surface area contributed by atoms with E-state index in [1.54, 1.807) is 0 Å². The Kier molecular flexibility index (Phi) is 9.31. The lowest BCUT2D eigenvalue weighted by Gasteiger charge is -2.12. The molecule has 0 fully saturated rings. The van der Waals surface area contributed by atoms with Gasteiger partial charge in [-0.05, 0) is 59.7 Å². The highest BCUT2D eigenvalue weighted by atomic mass is 15.2. The van der Waals surface area contributed by atoms with Crippen molar-refractivity contribution in [2.45, 2.75) is 0 Å². The Labute approximate surface area is 391 Å². The molecule has 13 aromatic rings. The molecular weight excluding hydrogens is 833 g/mol. The smallest absolute Gasteiger partial charge is 0.238 e. The van der Waals surface area contributed by atoms with E-state index in [1.165, 1.54) is 0 Å². The Balaban J connectivity index is 0.989. The molecule has 0 radical (unpaired) electrons. The quantitative estimate of drug-likeness (QED) is 0.151. The van der Waals surface area contributed by atoms with Crippen molar-refractivity contribution >= 4 is 43.6 Å². The second kappa shape index (κ2) is 16.2. The number of hydrogen-bond donors (Lipinski definition) is 0. The van der Waals surface area contributed by atoms with Crippen molar-refractivity contribution in [1.29, 1.82) is 0 Å². The fraction of sp³-hybridized carbons (Fsp3) is 0. The Hall–Kier alpha value is -9.40. The van der Waals surface area contributed by atoms with Crippen LogP contribution in [-0.2, 0) is 0 Å². The third kappa shape index (κ3) is 6.70. The first-order chi connectivity index (χ1) is 33.7. The van der Waals surface area contributed by atoms with Gasteiger partial charge < -0.3 is 4.57 Å². The number of fused-ring (bicyclic) bond motifs is 7. The minimum Gasteiger partial charge on any atom is -0.309 e. The maximum absolute atomic E-state index is 5.25. The molecule has 9 aromatic carbocycles. The van der Waals surface area contributed by atoms with Gasteiger partial charge in [0.05, 0.1) is 22.1 Å². The van der Waals surface area contributed by atoms with Gasteiger partial charge in [-0.15, -0.1) is 0 Å². The van der Waals surface area contributed by atoms with Crippen LogP contribution in [0.1, 0.15) is 0 Å². The van der Waals surface area contributed by atoms with Crippen molar-refractivity contribution in [3.05, 3.63) is 231 Å². The largest absolute Gasteiger partial charge is 0.309 e. The Morgan fingerprint density at radius 2 is 0.676 bits per heavy atom. The van der Waals surface area contributed by atoms with Crippen LogP contribution in [0.25, 0.3) is 123 Å². The van der Waals surface area contributed by atoms with Crippen molar-refractivity contribution in [2.75, 3.05) is 0 Å². The number of benzene rings is 9. The molecule has 13 rings (SSSR count). The van der Waals surface area contributed by atoms with Crippen LogP contribution in [0.15, 0.2) is 231 Å². The van der Waals surface area contributed by atoms with Gasteiger partial charge in [0.2, 0.25) is 5.95 Å². The van der Waals surface area contributed by atoms with Gasteiger partial charge in [-0.25, -0.2) is 19.9 Å². The molecule has 0 N–H and O–H groups in total. The lowest BCUT2D eigenvalue weighted by molar-refractivity contribution is 0.955. The zero-order valence-corrected chi connectivity index (χ0v) is 36.5. The maximum atomic E-state index is 5.25. The third-order valence-corrected chi connectivity index (χ3v) is 12.6. The van der Waals surface area contributed by atoms with Gasteiger partial charge >= 0.3 is 0 Å². The predicted octanol–water partition coefficient (Wildman–Crippen LogP) is 14.3. The maximum Gasteiger partial charge on any atom is 0.238 e. The molecule has 0 unspecified atom stereocenters. The molecule has 8 heteroatoms. The lowest BCUT2D eigenvalue weighted by atomic mass is 10.0. The minimum atomic E-state index is 0.552. The first kappa shape index (κ1) is 39.0. The minimum absolute atomic E-state index is 0.552. The van der Waals surface area contributed by atoms with Crippen molar-refractivity contribution in [1.82, 2.24) is 39.0 Å². The summed E-state index contributed by atoms with van der Waals surface area (Å²) < 4.78 is 4.57.